The van der Waals surface area contributed by atoms with Gasteiger partial charge in [0.25, 0.3) is 23.6 Å². The van der Waals surface area contributed by atoms with Gasteiger partial charge in [-0.1, -0.05) is 5.06 Å². The van der Waals surface area contributed by atoms with E-state index in [1.165, 1.54) is 24.3 Å². The van der Waals surface area contributed by atoms with Crippen molar-refractivity contribution in [2.45, 2.75) is 0 Å². The molecule has 0 radical (unpaired) electrons. The van der Waals surface area contributed by atoms with Gasteiger partial charge >= 0.3 is 5.97 Å². The van der Waals surface area contributed by atoms with Crippen LogP contribution in [0.15, 0.2) is 54.6 Å². The smallest absolute Gasteiger partial charge is 0.364 e. The summed E-state index contributed by atoms with van der Waals surface area (Å²) in [5.41, 5.74) is -0.352. The van der Waals surface area contributed by atoms with Crippen LogP contribution < -0.4 is 4.90 Å². The predicted molar refractivity (Wildman–Crippen MR) is 97.1 cm³/mol. The first kappa shape index (κ1) is 18.7. The Balaban J connectivity index is 1.78. The lowest BCUT2D eigenvalue weighted by atomic mass is 10.1. The lowest BCUT2D eigenvalue weighted by molar-refractivity contribution is -0.170. The zero-order valence-electron chi connectivity index (χ0n) is 14.9. The molecule has 3 heterocycles. The van der Waals surface area contributed by atoms with Crippen LogP contribution in [0.4, 0.5) is 5.69 Å². The molecule has 4 rings (SSSR count). The van der Waals surface area contributed by atoms with E-state index < -0.39 is 41.4 Å². The monoisotopic (exact) mass is 409 g/mol. The minimum Gasteiger partial charge on any atom is -0.494 e. The summed E-state index contributed by atoms with van der Waals surface area (Å²) < 4.78 is 0.945. The van der Waals surface area contributed by atoms with Crippen LogP contribution in [0.5, 0.6) is 11.8 Å². The van der Waals surface area contributed by atoms with Crippen molar-refractivity contribution in [3.63, 3.8) is 0 Å². The molecule has 1 aromatic carbocycles. The molecule has 0 spiro atoms. The van der Waals surface area contributed by atoms with Gasteiger partial charge in [0.2, 0.25) is 0 Å². The highest BCUT2D eigenvalue weighted by Gasteiger charge is 2.32. The number of imide groups is 2. The Morgan fingerprint density at radius 3 is 1.83 bits per heavy atom. The third-order valence-electron chi connectivity index (χ3n) is 4.28. The number of amides is 4. The molecule has 0 bridgehead atoms. The maximum atomic E-state index is 12.4. The van der Waals surface area contributed by atoms with E-state index in [0.29, 0.717) is 0 Å². The van der Waals surface area contributed by atoms with Crippen molar-refractivity contribution < 1.29 is 39.0 Å². The van der Waals surface area contributed by atoms with Crippen LogP contribution in [0.3, 0.4) is 0 Å². The topological polar surface area (TPSA) is 146 Å². The number of aromatic nitrogens is 1. The molecule has 2 aliphatic rings. The summed E-state index contributed by atoms with van der Waals surface area (Å²) in [4.78, 5) is 65.5. The lowest BCUT2D eigenvalue weighted by Gasteiger charge is -2.21. The van der Waals surface area contributed by atoms with Crippen molar-refractivity contribution in [2.24, 2.45) is 0 Å². The first-order valence-corrected chi connectivity index (χ1v) is 8.36. The highest BCUT2D eigenvalue weighted by molar-refractivity contribution is 6.29. The second-order valence-electron chi connectivity index (χ2n) is 6.12. The molecule has 30 heavy (non-hydrogen) atoms. The summed E-state index contributed by atoms with van der Waals surface area (Å²) in [6.45, 7) is 0. The van der Waals surface area contributed by atoms with Gasteiger partial charge in [-0.2, -0.15) is 0 Å². The van der Waals surface area contributed by atoms with E-state index in [-0.39, 0.29) is 22.0 Å². The molecular weight excluding hydrogens is 398 g/mol. The van der Waals surface area contributed by atoms with E-state index in [2.05, 4.69) is 0 Å². The van der Waals surface area contributed by atoms with Gasteiger partial charge in [-0.3, -0.25) is 19.2 Å². The van der Waals surface area contributed by atoms with Gasteiger partial charge < -0.3 is 15.1 Å². The maximum absolute atomic E-state index is 12.4. The number of carbonyl (C=O) groups excluding carboxylic acids is 5. The average Bonchev–Trinajstić information content (AvgIpc) is 3.34. The zero-order chi connectivity index (χ0) is 21.6. The fourth-order valence-corrected chi connectivity index (χ4v) is 2.93. The molecular formula is C19H11N3O8. The van der Waals surface area contributed by atoms with E-state index >= 15 is 0 Å². The Labute approximate surface area is 167 Å². The van der Waals surface area contributed by atoms with Crippen molar-refractivity contribution in [1.82, 2.24) is 9.63 Å². The Morgan fingerprint density at radius 1 is 0.733 bits per heavy atom. The standard InChI is InChI=1S/C19H11N3O8/c23-13-3-4-14(24)20(13)11-2-1-10(9-12(11)21-15(25)5-6-16(21)26)19(29)30-22-17(27)7-8-18(22)28/h1-9,23-24H. The summed E-state index contributed by atoms with van der Waals surface area (Å²) in [5, 5.41) is 20.3. The Bertz CT molecular complexity index is 1150. The number of aromatic hydroxyl groups is 2. The lowest BCUT2D eigenvalue weighted by Crippen LogP contribution is -2.33. The molecule has 0 fully saturated rings. The minimum absolute atomic E-state index is 0.00643. The van der Waals surface area contributed by atoms with E-state index in [9.17, 15) is 34.2 Å². The van der Waals surface area contributed by atoms with E-state index in [4.69, 9.17) is 4.84 Å². The van der Waals surface area contributed by atoms with E-state index in [1.54, 1.807) is 0 Å². The number of nitrogens with zero attached hydrogens (tertiary/aromatic N) is 3. The molecule has 0 unspecified atom stereocenters. The zero-order valence-corrected chi connectivity index (χ0v) is 14.9. The van der Waals surface area contributed by atoms with E-state index in [0.717, 1.165) is 39.8 Å². The van der Waals surface area contributed by atoms with Crippen LogP contribution in [-0.2, 0) is 24.0 Å². The van der Waals surface area contributed by atoms with Gasteiger partial charge in [-0.05, 0) is 18.2 Å². The molecule has 11 heteroatoms. The number of benzene rings is 1. The van der Waals surface area contributed by atoms with Gasteiger partial charge in [0.15, 0.2) is 11.8 Å². The third kappa shape index (κ3) is 2.90. The largest absolute Gasteiger partial charge is 0.494 e. The summed E-state index contributed by atoms with van der Waals surface area (Å²) in [7, 11) is 0. The van der Waals surface area contributed by atoms with Gasteiger partial charge in [0.1, 0.15) is 0 Å². The first-order chi connectivity index (χ1) is 14.3. The highest BCUT2D eigenvalue weighted by atomic mass is 16.7. The van der Waals surface area contributed by atoms with Crippen LogP contribution in [0.2, 0.25) is 0 Å². The van der Waals surface area contributed by atoms with Crippen molar-refractivity contribution in [1.29, 1.82) is 0 Å². The molecule has 150 valence electrons. The van der Waals surface area contributed by atoms with Crippen LogP contribution >= 0.6 is 0 Å². The Hall–Kier alpha value is -4.67. The van der Waals surface area contributed by atoms with Gasteiger partial charge in [0, 0.05) is 36.4 Å². The molecule has 0 aliphatic carbocycles. The molecule has 0 saturated carbocycles. The van der Waals surface area contributed by atoms with Crippen molar-refractivity contribution in [3.8, 4) is 17.4 Å². The molecule has 0 saturated heterocycles. The average molecular weight is 409 g/mol. The van der Waals surface area contributed by atoms with Crippen LogP contribution in [0.25, 0.3) is 5.69 Å². The van der Waals surface area contributed by atoms with Gasteiger partial charge in [-0.25, -0.2) is 14.3 Å². The number of hydroxylamine groups is 2. The van der Waals surface area contributed by atoms with Crippen LogP contribution in [0.1, 0.15) is 10.4 Å². The summed E-state index contributed by atoms with van der Waals surface area (Å²) in [6.07, 6.45) is 3.88. The first-order valence-electron chi connectivity index (χ1n) is 8.36. The molecule has 2 aromatic rings. The maximum Gasteiger partial charge on any atom is 0.364 e. The van der Waals surface area contributed by atoms with Crippen molar-refractivity contribution in [3.05, 3.63) is 60.2 Å². The molecule has 2 N–H and O–H groups in total. The molecule has 4 amide bonds. The summed E-state index contributed by atoms with van der Waals surface area (Å²) >= 11 is 0. The molecule has 11 nitrogen and oxygen atoms in total. The number of hydrogen-bond acceptors (Lipinski definition) is 8. The van der Waals surface area contributed by atoms with Crippen LogP contribution in [0, 0.1) is 0 Å². The summed E-state index contributed by atoms with van der Waals surface area (Å²) in [5.74, 6) is -5.02. The number of anilines is 1. The second-order valence-corrected chi connectivity index (χ2v) is 6.12. The van der Waals surface area contributed by atoms with Crippen LogP contribution in [-0.4, -0.2) is 49.4 Å². The van der Waals surface area contributed by atoms with Crippen molar-refractivity contribution in [2.75, 3.05) is 4.90 Å². The second kappa shape index (κ2) is 6.74. The summed E-state index contributed by atoms with van der Waals surface area (Å²) in [6, 6.07) is 5.92. The number of hydrogen-bond donors (Lipinski definition) is 2. The molecule has 0 atom stereocenters. The van der Waals surface area contributed by atoms with Gasteiger partial charge in [0.05, 0.1) is 16.9 Å². The minimum atomic E-state index is -1.11. The molecule has 1 aromatic heterocycles. The Morgan fingerprint density at radius 2 is 1.27 bits per heavy atom. The van der Waals surface area contributed by atoms with Gasteiger partial charge in [-0.15, -0.1) is 0 Å². The fraction of sp³-hybridized carbons (Fsp3) is 0. The quantitative estimate of drug-likeness (QED) is 0.686. The normalized spacial score (nSPS) is 15.6. The van der Waals surface area contributed by atoms with E-state index in [1.807, 2.05) is 0 Å². The number of carbonyl (C=O) groups is 5. The SMILES string of the molecule is O=C(ON1C(=O)C=CC1=O)c1ccc(-n2c(O)ccc2O)c(N2C(=O)C=CC2=O)c1. The molecule has 2 aliphatic heterocycles. The van der Waals surface area contributed by atoms with Crippen molar-refractivity contribution >= 4 is 35.3 Å². The highest BCUT2D eigenvalue weighted by Crippen LogP contribution is 2.35. The predicted octanol–water partition coefficient (Wildman–Crippen LogP) is 0.315. The Kier molecular flexibility index (Phi) is 4.20. The fourth-order valence-electron chi connectivity index (χ4n) is 2.93. The third-order valence-corrected chi connectivity index (χ3v) is 4.28. The number of rotatable bonds is 4.